The molecule has 0 spiro atoms. The number of allylic oxidation sites excluding steroid dienone is 14. The summed E-state index contributed by atoms with van der Waals surface area (Å²) in [5, 5.41) is 18.4. The first-order valence-corrected chi connectivity index (χ1v) is 24.1. The lowest BCUT2D eigenvalue weighted by Crippen LogP contribution is -2.29. The van der Waals surface area contributed by atoms with Gasteiger partial charge in [0, 0.05) is 13.0 Å². The van der Waals surface area contributed by atoms with Crippen LogP contribution in [0.5, 0.6) is 0 Å². The van der Waals surface area contributed by atoms with E-state index in [1.807, 2.05) is 0 Å². The number of unbranched alkanes of at least 4 members (excludes halogenated alkanes) is 14. The molecule has 3 N–H and O–H groups in total. The monoisotopic (exact) mass is 835 g/mol. The van der Waals surface area contributed by atoms with Crippen LogP contribution in [0.15, 0.2) is 85.1 Å². The highest BCUT2D eigenvalue weighted by molar-refractivity contribution is 7.47. The van der Waals surface area contributed by atoms with E-state index < -0.39 is 45.8 Å². The highest BCUT2D eigenvalue weighted by Gasteiger charge is 2.26. The van der Waals surface area contributed by atoms with E-state index in [9.17, 15) is 19.4 Å². The summed E-state index contributed by atoms with van der Waals surface area (Å²) in [6.07, 6.45) is 53.9. The summed E-state index contributed by atoms with van der Waals surface area (Å²) >= 11 is 0. The normalized spacial score (nSPS) is 14.8. The second kappa shape index (κ2) is 44.2. The molecule has 9 nitrogen and oxygen atoms in total. The molecule has 0 bridgehead atoms. The Hall–Kier alpha value is -2.36. The molecule has 0 aliphatic heterocycles. The molecule has 0 radical (unpaired) electrons. The fourth-order valence-electron chi connectivity index (χ4n) is 5.65. The molecule has 0 rings (SSSR count). The van der Waals surface area contributed by atoms with E-state index in [0.717, 1.165) is 83.5 Å². The summed E-state index contributed by atoms with van der Waals surface area (Å²) in [6, 6.07) is 0. The van der Waals surface area contributed by atoms with Gasteiger partial charge in [-0.15, -0.1) is 0 Å². The standard InChI is InChI=1S/C48H83O9P/c1-3-5-7-9-11-13-15-17-19-21-23-24-26-28-30-32-34-36-38-40-48(51)57-47(45-56-58(52,53)55-43-46(50)42-49)44-54-41-39-37-35-33-31-29-27-25-22-20-18-16-14-12-10-8-6-4-2/h5,7,11-14,17-20,23-24,28,30,46-47,49-50H,3-4,6,8-10,15-16,21-22,25-27,29,31-45H2,1-2H3,(H,52,53)/b7-5-,13-11-,14-12-,19-17-,20-18-,24-23-,30-28-. The molecule has 0 saturated carbocycles. The van der Waals surface area contributed by atoms with Gasteiger partial charge in [-0.1, -0.05) is 157 Å². The number of esters is 1. The molecule has 58 heavy (non-hydrogen) atoms. The minimum absolute atomic E-state index is 0.0266. The van der Waals surface area contributed by atoms with E-state index in [2.05, 4.69) is 98.9 Å². The third-order valence-electron chi connectivity index (χ3n) is 9.06. The number of aliphatic hydroxyl groups excluding tert-OH is 2. The SMILES string of the molecule is CC/C=C\C/C=C\C/C=C\C/C=C\C/C=C\CCCCCC(=O)OC(COCCCCCCCCCC/C=C\C/C=C\CCCCC)COP(=O)(O)OCC(O)CO. The van der Waals surface area contributed by atoms with Crippen LogP contribution in [0, 0.1) is 0 Å². The Morgan fingerprint density at radius 1 is 0.552 bits per heavy atom. The summed E-state index contributed by atoms with van der Waals surface area (Å²) in [5.74, 6) is -0.419. The van der Waals surface area contributed by atoms with E-state index in [4.69, 9.17) is 23.6 Å². The van der Waals surface area contributed by atoms with E-state index in [0.29, 0.717) is 13.0 Å². The van der Waals surface area contributed by atoms with Crippen LogP contribution >= 0.6 is 7.82 Å². The predicted octanol–water partition coefficient (Wildman–Crippen LogP) is 12.7. The van der Waals surface area contributed by atoms with E-state index in [1.54, 1.807) is 0 Å². The summed E-state index contributed by atoms with van der Waals surface area (Å²) < 4.78 is 33.4. The summed E-state index contributed by atoms with van der Waals surface area (Å²) in [6.45, 7) is 3.30. The molecule has 0 heterocycles. The number of aliphatic hydroxyl groups is 2. The van der Waals surface area contributed by atoms with Crippen LogP contribution in [-0.2, 0) is 27.9 Å². The molecule has 0 aromatic rings. The minimum Gasteiger partial charge on any atom is -0.457 e. The van der Waals surface area contributed by atoms with E-state index in [1.165, 1.54) is 57.8 Å². The van der Waals surface area contributed by atoms with Crippen LogP contribution in [-0.4, -0.2) is 66.3 Å². The van der Waals surface area contributed by atoms with Crippen molar-refractivity contribution in [1.29, 1.82) is 0 Å². The molecule has 0 amide bonds. The lowest BCUT2D eigenvalue weighted by Gasteiger charge is -2.20. The first-order valence-electron chi connectivity index (χ1n) is 22.6. The van der Waals surface area contributed by atoms with Crippen LogP contribution in [0.1, 0.15) is 168 Å². The maximum atomic E-state index is 12.6. The van der Waals surface area contributed by atoms with Crippen molar-refractivity contribution in [2.24, 2.45) is 0 Å². The fourth-order valence-corrected chi connectivity index (χ4v) is 6.44. The maximum Gasteiger partial charge on any atom is 0.472 e. The number of carbonyl (C=O) groups is 1. The number of ether oxygens (including phenoxy) is 2. The average molecular weight is 835 g/mol. The first kappa shape index (κ1) is 55.6. The molecule has 0 aromatic heterocycles. The van der Waals surface area contributed by atoms with Crippen LogP contribution < -0.4 is 0 Å². The van der Waals surface area contributed by atoms with Gasteiger partial charge >= 0.3 is 13.8 Å². The molecule has 3 atom stereocenters. The molecule has 0 aliphatic carbocycles. The van der Waals surface area contributed by atoms with Crippen molar-refractivity contribution in [3.05, 3.63) is 85.1 Å². The van der Waals surface area contributed by atoms with Crippen LogP contribution in [0.4, 0.5) is 0 Å². The number of rotatable bonds is 42. The topological polar surface area (TPSA) is 132 Å². The Balaban J connectivity index is 4.25. The zero-order chi connectivity index (χ0) is 42.5. The van der Waals surface area contributed by atoms with E-state index >= 15 is 0 Å². The van der Waals surface area contributed by atoms with Gasteiger partial charge in [-0.3, -0.25) is 13.8 Å². The average Bonchev–Trinajstić information content (AvgIpc) is 3.21. The molecule has 334 valence electrons. The minimum atomic E-state index is -4.54. The highest BCUT2D eigenvalue weighted by atomic mass is 31.2. The number of hydrogen-bond acceptors (Lipinski definition) is 8. The number of carbonyl (C=O) groups excluding carboxylic acids is 1. The zero-order valence-corrected chi connectivity index (χ0v) is 37.4. The molecular weight excluding hydrogens is 751 g/mol. The molecule has 10 heteroatoms. The van der Waals surface area contributed by atoms with Crippen molar-refractivity contribution in [2.45, 2.75) is 180 Å². The Morgan fingerprint density at radius 2 is 0.983 bits per heavy atom. The highest BCUT2D eigenvalue weighted by Crippen LogP contribution is 2.43. The van der Waals surface area contributed by atoms with Gasteiger partial charge in [-0.25, -0.2) is 4.57 Å². The first-order chi connectivity index (χ1) is 28.3. The van der Waals surface area contributed by atoms with Gasteiger partial charge in [-0.05, 0) is 89.9 Å². The van der Waals surface area contributed by atoms with Gasteiger partial charge in [-0.2, -0.15) is 0 Å². The third kappa shape index (κ3) is 43.2. The van der Waals surface area contributed by atoms with E-state index in [-0.39, 0.29) is 13.0 Å². The summed E-state index contributed by atoms with van der Waals surface area (Å²) in [4.78, 5) is 22.6. The van der Waals surface area contributed by atoms with Crippen LogP contribution in [0.25, 0.3) is 0 Å². The van der Waals surface area contributed by atoms with Gasteiger partial charge in [0.2, 0.25) is 0 Å². The Bertz CT molecular complexity index is 1170. The van der Waals surface area contributed by atoms with Gasteiger partial charge in [0.1, 0.15) is 12.2 Å². The predicted molar refractivity (Wildman–Crippen MR) is 242 cm³/mol. The molecule has 0 saturated heterocycles. The van der Waals surface area contributed by atoms with Crippen molar-refractivity contribution < 1.29 is 43.0 Å². The number of phosphoric acid groups is 1. The summed E-state index contributed by atoms with van der Waals surface area (Å²) in [5.41, 5.74) is 0. The fraction of sp³-hybridized carbons (Fsp3) is 0.688. The molecule has 3 unspecified atom stereocenters. The van der Waals surface area contributed by atoms with Gasteiger partial charge < -0.3 is 24.6 Å². The molecule has 0 aliphatic rings. The van der Waals surface area contributed by atoms with Crippen molar-refractivity contribution in [2.75, 3.05) is 33.0 Å². The largest absolute Gasteiger partial charge is 0.472 e. The smallest absolute Gasteiger partial charge is 0.457 e. The quantitative estimate of drug-likeness (QED) is 0.0238. The lowest BCUT2D eigenvalue weighted by atomic mass is 10.1. The molecule has 0 aromatic carbocycles. The lowest BCUT2D eigenvalue weighted by molar-refractivity contribution is -0.154. The zero-order valence-electron chi connectivity index (χ0n) is 36.5. The van der Waals surface area contributed by atoms with Crippen molar-refractivity contribution in [3.8, 4) is 0 Å². The third-order valence-corrected chi connectivity index (χ3v) is 10.0. The number of phosphoric ester groups is 1. The van der Waals surface area contributed by atoms with Gasteiger partial charge in [0.15, 0.2) is 0 Å². The number of hydrogen-bond donors (Lipinski definition) is 3. The van der Waals surface area contributed by atoms with Crippen LogP contribution in [0.3, 0.4) is 0 Å². The second-order valence-electron chi connectivity index (χ2n) is 14.7. The van der Waals surface area contributed by atoms with Crippen LogP contribution in [0.2, 0.25) is 0 Å². The molecule has 0 fully saturated rings. The van der Waals surface area contributed by atoms with Crippen molar-refractivity contribution in [1.82, 2.24) is 0 Å². The van der Waals surface area contributed by atoms with Crippen molar-refractivity contribution in [3.63, 3.8) is 0 Å². The van der Waals surface area contributed by atoms with Gasteiger partial charge in [0.25, 0.3) is 0 Å². The van der Waals surface area contributed by atoms with Crippen molar-refractivity contribution >= 4 is 13.8 Å². The Kier molecular flexibility index (Phi) is 42.4. The Labute approximate surface area is 354 Å². The summed E-state index contributed by atoms with van der Waals surface area (Å²) in [7, 11) is -4.54. The molecular formula is C48H83O9P. The van der Waals surface area contributed by atoms with Gasteiger partial charge in [0.05, 0.1) is 26.4 Å². The second-order valence-corrected chi connectivity index (χ2v) is 16.1. The Morgan fingerprint density at radius 3 is 1.48 bits per heavy atom. The maximum absolute atomic E-state index is 12.6.